The van der Waals surface area contributed by atoms with Crippen molar-refractivity contribution in [2.75, 3.05) is 7.11 Å². The van der Waals surface area contributed by atoms with E-state index in [9.17, 15) is 9.59 Å². The number of benzene rings is 3. The molecule has 8 nitrogen and oxygen atoms in total. The first-order valence-electron chi connectivity index (χ1n) is 17.2. The van der Waals surface area contributed by atoms with Gasteiger partial charge >= 0.3 is 5.97 Å². The van der Waals surface area contributed by atoms with E-state index in [0.717, 1.165) is 19.3 Å². The van der Waals surface area contributed by atoms with E-state index in [2.05, 4.69) is 76.2 Å². The summed E-state index contributed by atoms with van der Waals surface area (Å²) in [6.07, 6.45) is 4.45. The number of Topliss-reactive ketones (excluding diaryl/α,β-unsaturated/α-hetero) is 1. The lowest BCUT2D eigenvalue weighted by molar-refractivity contribution is -0.492. The number of carbonyl (C=O) groups excluding carboxylic acids is 2. The molecule has 9 heteroatoms. The van der Waals surface area contributed by atoms with E-state index in [1.165, 1.54) is 24.4 Å². The molecule has 1 saturated carbocycles. The molecule has 3 aliphatic heterocycles. The van der Waals surface area contributed by atoms with Gasteiger partial charge in [0, 0.05) is 38.7 Å². The van der Waals surface area contributed by atoms with Crippen molar-refractivity contribution in [2.24, 2.45) is 0 Å². The number of hydrogen-bond donors (Lipinski definition) is 0. The maximum absolute atomic E-state index is 14.2. The number of carbonyl (C=O) groups is 2. The second kappa shape index (κ2) is 13.9. The van der Waals surface area contributed by atoms with Crippen LogP contribution in [0.5, 0.6) is 11.5 Å². The average Bonchev–Trinajstić information content (AvgIpc) is 3.03. The summed E-state index contributed by atoms with van der Waals surface area (Å²) in [6, 6.07) is 24.6. The van der Waals surface area contributed by atoms with Gasteiger partial charge in [-0.3, -0.25) is 9.59 Å². The van der Waals surface area contributed by atoms with Gasteiger partial charge in [-0.05, 0) is 46.8 Å². The summed E-state index contributed by atoms with van der Waals surface area (Å²) in [5.74, 6) is -1.42. The third-order valence-electron chi connectivity index (χ3n) is 9.78. The van der Waals surface area contributed by atoms with Gasteiger partial charge in [-0.1, -0.05) is 87.5 Å². The Bertz CT molecular complexity index is 1520. The third kappa shape index (κ3) is 6.89. The molecular weight excluding hydrogens is 625 g/mol. The molecule has 0 amide bonds. The molecule has 3 aromatic rings. The predicted molar refractivity (Wildman–Crippen MR) is 186 cm³/mol. The number of ether oxygens (including phenoxy) is 5. The summed E-state index contributed by atoms with van der Waals surface area (Å²) in [5, 5.41) is 2.29. The van der Waals surface area contributed by atoms with Gasteiger partial charge in [0.15, 0.2) is 17.3 Å². The Labute approximate surface area is 285 Å². The first kappa shape index (κ1) is 34.5. The number of ketones is 1. The van der Waals surface area contributed by atoms with Crippen molar-refractivity contribution >= 4 is 30.4 Å². The van der Waals surface area contributed by atoms with Gasteiger partial charge < -0.3 is 28.1 Å². The van der Waals surface area contributed by atoms with Crippen LogP contribution in [0.3, 0.4) is 0 Å². The largest absolute Gasteiger partial charge is 0.492 e. The summed E-state index contributed by atoms with van der Waals surface area (Å²) in [7, 11) is -1.25. The Hall–Kier alpha value is -3.34. The van der Waals surface area contributed by atoms with Crippen LogP contribution in [0.1, 0.15) is 89.1 Å². The van der Waals surface area contributed by atoms with Crippen molar-refractivity contribution in [3.63, 3.8) is 0 Å². The van der Waals surface area contributed by atoms with Crippen LogP contribution in [0.25, 0.3) is 0 Å². The molecule has 1 atom stereocenters. The van der Waals surface area contributed by atoms with E-state index in [1.54, 1.807) is 12.1 Å². The van der Waals surface area contributed by atoms with Gasteiger partial charge in [-0.25, -0.2) is 0 Å². The highest BCUT2D eigenvalue weighted by atomic mass is 28.4. The highest BCUT2D eigenvalue weighted by molar-refractivity contribution is 6.99. The molecule has 0 N–H and O–H groups in total. The molecule has 3 saturated heterocycles. The Balaban J connectivity index is 1.23. The van der Waals surface area contributed by atoms with Crippen LogP contribution in [0, 0.1) is 0 Å². The Morgan fingerprint density at radius 1 is 0.875 bits per heavy atom. The molecule has 4 fully saturated rings. The van der Waals surface area contributed by atoms with Crippen LogP contribution in [-0.4, -0.2) is 57.6 Å². The summed E-state index contributed by atoms with van der Waals surface area (Å²) < 4.78 is 37.3. The zero-order valence-electron chi connectivity index (χ0n) is 29.0. The van der Waals surface area contributed by atoms with E-state index in [1.807, 2.05) is 12.1 Å². The molecule has 48 heavy (non-hydrogen) atoms. The van der Waals surface area contributed by atoms with Gasteiger partial charge in [-0.15, -0.1) is 0 Å². The molecule has 0 spiro atoms. The third-order valence-corrected chi connectivity index (χ3v) is 14.9. The highest BCUT2D eigenvalue weighted by Gasteiger charge is 2.55. The van der Waals surface area contributed by atoms with E-state index in [-0.39, 0.29) is 59.6 Å². The summed E-state index contributed by atoms with van der Waals surface area (Å²) in [5.41, 5.74) is 1.04. The van der Waals surface area contributed by atoms with Gasteiger partial charge in [-0.2, -0.15) is 0 Å². The molecule has 256 valence electrons. The summed E-state index contributed by atoms with van der Waals surface area (Å²) in [6.45, 7) is 10.2. The first-order chi connectivity index (χ1) is 22.9. The van der Waals surface area contributed by atoms with E-state index in [0.29, 0.717) is 24.0 Å². The van der Waals surface area contributed by atoms with Crippen LogP contribution < -0.4 is 19.8 Å². The highest BCUT2D eigenvalue weighted by Crippen LogP contribution is 2.47. The fourth-order valence-electron chi connectivity index (χ4n) is 7.88. The number of esters is 1. The standard InChI is InChI=1S/C39H48O8Si/c1-26(47-48(38(3,4)5,32-15-9-7-10-16-32)33-17-11-8-12-18-33)14-13-19-34(41)36-28(20-21-35(37(36)42-6)43-27(2)40)25-39-44-29-22-30(45-39)24-31(23-29)46-39/h7-12,15-18,20-21,26,29-31H,13-14,19,22-25H2,1-6H3/t26-,29?,30?,31?,39?/m0/s1. The molecular formula is C39H48O8Si. The van der Waals surface area contributed by atoms with E-state index >= 15 is 0 Å². The van der Waals surface area contributed by atoms with Crippen molar-refractivity contribution in [2.45, 2.75) is 115 Å². The van der Waals surface area contributed by atoms with Crippen molar-refractivity contribution in [3.8, 4) is 11.5 Å². The van der Waals surface area contributed by atoms with E-state index in [4.69, 9.17) is 28.1 Å². The Morgan fingerprint density at radius 3 is 1.90 bits per heavy atom. The SMILES string of the molecule is COc1c(OC(C)=O)ccc(CC23OC4CC(CC(C4)O2)O3)c1C(=O)CCC[C@H](C)O[Si](c1ccccc1)(c1ccccc1)C(C)(C)C. The lowest BCUT2D eigenvalue weighted by atomic mass is 9.87. The van der Waals surface area contributed by atoms with Crippen molar-refractivity contribution in [1.29, 1.82) is 0 Å². The molecule has 0 unspecified atom stereocenters. The van der Waals surface area contributed by atoms with Crippen LogP contribution in [0.2, 0.25) is 5.04 Å². The van der Waals surface area contributed by atoms with Gasteiger partial charge in [0.25, 0.3) is 14.3 Å². The molecule has 0 aromatic heterocycles. The van der Waals surface area contributed by atoms with Gasteiger partial charge in [0.05, 0.1) is 37.4 Å². The van der Waals surface area contributed by atoms with Crippen LogP contribution in [0.4, 0.5) is 0 Å². The lowest BCUT2D eigenvalue weighted by Crippen LogP contribution is -2.67. The Kier molecular flexibility index (Phi) is 9.98. The monoisotopic (exact) mass is 672 g/mol. The molecule has 0 radical (unpaired) electrons. The minimum absolute atomic E-state index is 0.0784. The zero-order chi connectivity index (χ0) is 34.1. The molecule has 4 bridgehead atoms. The second-order valence-corrected chi connectivity index (χ2v) is 18.7. The molecule has 3 heterocycles. The Morgan fingerprint density at radius 2 is 1.42 bits per heavy atom. The fourth-order valence-corrected chi connectivity index (χ4v) is 12.6. The summed E-state index contributed by atoms with van der Waals surface area (Å²) >= 11 is 0. The van der Waals surface area contributed by atoms with E-state index < -0.39 is 20.3 Å². The van der Waals surface area contributed by atoms with Crippen LogP contribution >= 0.6 is 0 Å². The minimum atomic E-state index is -2.74. The topological polar surface area (TPSA) is 89.5 Å². The van der Waals surface area contributed by atoms with Crippen molar-refractivity contribution in [1.82, 2.24) is 0 Å². The molecule has 3 aromatic carbocycles. The molecule has 1 aliphatic carbocycles. The van der Waals surface area contributed by atoms with Crippen molar-refractivity contribution < 1.29 is 37.7 Å². The fraction of sp³-hybridized carbons (Fsp3) is 0.487. The minimum Gasteiger partial charge on any atom is -0.492 e. The molecule has 4 aliphatic rings. The predicted octanol–water partition coefficient (Wildman–Crippen LogP) is 6.50. The number of hydrogen-bond acceptors (Lipinski definition) is 8. The van der Waals surface area contributed by atoms with Gasteiger partial charge in [0.1, 0.15) is 0 Å². The average molecular weight is 673 g/mol. The summed E-state index contributed by atoms with van der Waals surface area (Å²) in [4.78, 5) is 26.1. The maximum atomic E-state index is 14.2. The number of methoxy groups -OCH3 is 1. The maximum Gasteiger partial charge on any atom is 0.308 e. The second-order valence-electron chi connectivity index (χ2n) is 14.4. The smallest absolute Gasteiger partial charge is 0.308 e. The van der Waals surface area contributed by atoms with Gasteiger partial charge in [0.2, 0.25) is 0 Å². The normalized spacial score (nSPS) is 23.9. The van der Waals surface area contributed by atoms with Crippen molar-refractivity contribution in [3.05, 3.63) is 83.9 Å². The number of rotatable bonds is 13. The lowest BCUT2D eigenvalue weighted by Gasteiger charge is -2.55. The molecule has 7 rings (SSSR count). The zero-order valence-corrected chi connectivity index (χ0v) is 30.0. The quantitative estimate of drug-likeness (QED) is 0.0880. The first-order valence-corrected chi connectivity index (χ1v) is 19.1. The van der Waals surface area contributed by atoms with Crippen LogP contribution in [0.15, 0.2) is 72.8 Å². The van der Waals surface area contributed by atoms with Crippen LogP contribution in [-0.2, 0) is 29.9 Å².